The van der Waals surface area contributed by atoms with E-state index < -0.39 is 0 Å². The van der Waals surface area contributed by atoms with Gasteiger partial charge < -0.3 is 10.1 Å². The fourth-order valence-corrected chi connectivity index (χ4v) is 1.11. The molecule has 0 radical (unpaired) electrons. The Hall–Kier alpha value is -1.16. The van der Waals surface area contributed by atoms with Crippen molar-refractivity contribution >= 4 is 24.2 Å². The number of thiol groups is 1. The maximum absolute atomic E-state index is 11.0. The van der Waals surface area contributed by atoms with E-state index >= 15 is 0 Å². The van der Waals surface area contributed by atoms with E-state index in [1.54, 1.807) is 6.07 Å². The van der Waals surface area contributed by atoms with Gasteiger partial charge in [0.2, 0.25) is 5.91 Å². The summed E-state index contributed by atoms with van der Waals surface area (Å²) in [5, 5.41) is 2.70. The molecule has 1 N–H and O–H groups in total. The van der Waals surface area contributed by atoms with Gasteiger partial charge in [0.05, 0.1) is 12.4 Å². The van der Waals surface area contributed by atoms with Crippen LogP contribution in [0, 0.1) is 0 Å². The van der Waals surface area contributed by atoms with E-state index in [0.29, 0.717) is 6.61 Å². The number of ether oxygens (including phenoxy) is 1. The van der Waals surface area contributed by atoms with Gasteiger partial charge in [-0.05, 0) is 19.1 Å². The van der Waals surface area contributed by atoms with Gasteiger partial charge in [0.25, 0.3) is 0 Å². The van der Waals surface area contributed by atoms with Crippen molar-refractivity contribution in [3.8, 4) is 5.75 Å². The number of nitrogens with one attached hydrogen (secondary N) is 1. The quantitative estimate of drug-likeness (QED) is 0.747. The fourth-order valence-electron chi connectivity index (χ4n) is 1.03. The Bertz CT molecular complexity index is 315. The minimum absolute atomic E-state index is 0.123. The summed E-state index contributed by atoms with van der Waals surface area (Å²) in [7, 11) is 0. The molecule has 76 valence electrons. The largest absolute Gasteiger partial charge is 0.494 e. The molecule has 0 aliphatic carbocycles. The van der Waals surface area contributed by atoms with Crippen LogP contribution in [0.25, 0.3) is 0 Å². The molecule has 1 aromatic rings. The third-order valence-electron chi connectivity index (χ3n) is 1.57. The lowest BCUT2D eigenvalue weighted by atomic mass is 10.3. The highest BCUT2D eigenvalue weighted by Gasteiger charge is 2.00. The maximum atomic E-state index is 11.0. The molecule has 1 rings (SSSR count). The predicted octanol–water partition coefficient (Wildman–Crippen LogP) is 1.95. The van der Waals surface area contributed by atoms with Crippen LogP contribution >= 0.6 is 12.6 Å². The number of rotatable bonds is 4. The van der Waals surface area contributed by atoms with Crippen molar-refractivity contribution < 1.29 is 9.53 Å². The normalized spacial score (nSPS) is 9.57. The number of carbonyl (C=O) groups is 1. The van der Waals surface area contributed by atoms with Gasteiger partial charge in [-0.1, -0.05) is 6.07 Å². The Morgan fingerprint density at radius 2 is 2.36 bits per heavy atom. The molecule has 0 aliphatic rings. The van der Waals surface area contributed by atoms with Crippen LogP contribution in [0.2, 0.25) is 0 Å². The standard InChI is InChI=1S/C10H13NO2S/c1-2-13-9-5-3-4-8(6-9)11-10(12)7-14/h3-6,14H,2,7H2,1H3,(H,11,12). The van der Waals surface area contributed by atoms with Gasteiger partial charge in [0, 0.05) is 11.8 Å². The molecule has 0 saturated heterocycles. The third kappa shape index (κ3) is 3.30. The second-order valence-corrected chi connectivity index (χ2v) is 2.98. The van der Waals surface area contributed by atoms with E-state index in [1.807, 2.05) is 25.1 Å². The molecule has 1 amide bonds. The number of anilines is 1. The molecule has 0 saturated carbocycles. The molecule has 0 atom stereocenters. The van der Waals surface area contributed by atoms with Crippen LogP contribution in [0.4, 0.5) is 5.69 Å². The Morgan fingerprint density at radius 1 is 1.57 bits per heavy atom. The zero-order valence-corrected chi connectivity index (χ0v) is 8.88. The van der Waals surface area contributed by atoms with E-state index in [-0.39, 0.29) is 11.7 Å². The summed E-state index contributed by atoms with van der Waals surface area (Å²) >= 11 is 3.87. The molecular weight excluding hydrogens is 198 g/mol. The van der Waals surface area contributed by atoms with Gasteiger partial charge in [-0.3, -0.25) is 4.79 Å². The summed E-state index contributed by atoms with van der Waals surface area (Å²) in [6.45, 7) is 2.53. The highest BCUT2D eigenvalue weighted by molar-refractivity contribution is 7.81. The highest BCUT2D eigenvalue weighted by atomic mass is 32.1. The van der Waals surface area contributed by atoms with Crippen molar-refractivity contribution in [1.82, 2.24) is 0 Å². The van der Waals surface area contributed by atoms with Crippen LogP contribution < -0.4 is 10.1 Å². The first-order valence-electron chi connectivity index (χ1n) is 4.40. The molecule has 1 aromatic carbocycles. The van der Waals surface area contributed by atoms with Crippen LogP contribution in [0.3, 0.4) is 0 Å². The first-order valence-corrected chi connectivity index (χ1v) is 5.03. The number of hydrogen-bond acceptors (Lipinski definition) is 3. The maximum Gasteiger partial charge on any atom is 0.234 e. The summed E-state index contributed by atoms with van der Waals surface area (Å²) in [5.41, 5.74) is 0.731. The van der Waals surface area contributed by atoms with E-state index in [2.05, 4.69) is 17.9 Å². The van der Waals surface area contributed by atoms with Crippen LogP contribution in [-0.4, -0.2) is 18.3 Å². The van der Waals surface area contributed by atoms with Crippen LogP contribution in [0.5, 0.6) is 5.75 Å². The molecule has 0 spiro atoms. The monoisotopic (exact) mass is 211 g/mol. The van der Waals surface area contributed by atoms with E-state index in [4.69, 9.17) is 4.74 Å². The Labute approximate surface area is 88.9 Å². The van der Waals surface area contributed by atoms with Gasteiger partial charge in [-0.25, -0.2) is 0 Å². The minimum atomic E-state index is -0.123. The van der Waals surface area contributed by atoms with Crippen molar-refractivity contribution in [3.63, 3.8) is 0 Å². The molecular formula is C10H13NO2S. The first-order chi connectivity index (χ1) is 6.76. The number of hydrogen-bond donors (Lipinski definition) is 2. The minimum Gasteiger partial charge on any atom is -0.494 e. The van der Waals surface area contributed by atoms with Crippen LogP contribution in [0.1, 0.15) is 6.92 Å². The molecule has 0 aliphatic heterocycles. The van der Waals surface area contributed by atoms with Crippen LogP contribution in [-0.2, 0) is 4.79 Å². The lowest BCUT2D eigenvalue weighted by Crippen LogP contribution is -2.12. The molecule has 4 heteroatoms. The van der Waals surface area contributed by atoms with Gasteiger partial charge in [0.1, 0.15) is 5.75 Å². The van der Waals surface area contributed by atoms with Crippen molar-refractivity contribution in [1.29, 1.82) is 0 Å². The number of benzene rings is 1. The second-order valence-electron chi connectivity index (χ2n) is 2.67. The van der Waals surface area contributed by atoms with Crippen molar-refractivity contribution in [2.45, 2.75) is 6.92 Å². The molecule has 0 fully saturated rings. The number of carbonyl (C=O) groups excluding carboxylic acids is 1. The van der Waals surface area contributed by atoms with Gasteiger partial charge in [-0.15, -0.1) is 0 Å². The lowest BCUT2D eigenvalue weighted by Gasteiger charge is -2.06. The van der Waals surface area contributed by atoms with Crippen LogP contribution in [0.15, 0.2) is 24.3 Å². The summed E-state index contributed by atoms with van der Waals surface area (Å²) in [6.07, 6.45) is 0. The zero-order valence-electron chi connectivity index (χ0n) is 7.99. The van der Waals surface area contributed by atoms with Gasteiger partial charge in [-0.2, -0.15) is 12.6 Å². The smallest absolute Gasteiger partial charge is 0.234 e. The summed E-state index contributed by atoms with van der Waals surface area (Å²) < 4.78 is 5.29. The Morgan fingerprint density at radius 3 is 3.00 bits per heavy atom. The average molecular weight is 211 g/mol. The SMILES string of the molecule is CCOc1cccc(NC(=O)CS)c1. The molecule has 0 unspecified atom stereocenters. The summed E-state index contributed by atoms with van der Waals surface area (Å²) in [6, 6.07) is 7.27. The van der Waals surface area contributed by atoms with Gasteiger partial charge >= 0.3 is 0 Å². The Balaban J connectivity index is 2.68. The van der Waals surface area contributed by atoms with Crippen molar-refractivity contribution in [2.75, 3.05) is 17.7 Å². The van der Waals surface area contributed by atoms with Crippen molar-refractivity contribution in [2.24, 2.45) is 0 Å². The van der Waals surface area contributed by atoms with E-state index in [9.17, 15) is 4.79 Å². The van der Waals surface area contributed by atoms with Gasteiger partial charge in [0.15, 0.2) is 0 Å². The fraction of sp³-hybridized carbons (Fsp3) is 0.300. The molecule has 3 nitrogen and oxygen atoms in total. The third-order valence-corrected chi connectivity index (χ3v) is 1.86. The first kappa shape index (κ1) is 10.9. The Kier molecular flexibility index (Phi) is 4.32. The summed E-state index contributed by atoms with van der Waals surface area (Å²) in [5.74, 6) is 0.810. The molecule has 0 heterocycles. The van der Waals surface area contributed by atoms with E-state index in [1.165, 1.54) is 0 Å². The topological polar surface area (TPSA) is 38.3 Å². The lowest BCUT2D eigenvalue weighted by molar-refractivity contribution is -0.113. The highest BCUT2D eigenvalue weighted by Crippen LogP contribution is 2.17. The van der Waals surface area contributed by atoms with Crippen molar-refractivity contribution in [3.05, 3.63) is 24.3 Å². The molecule has 14 heavy (non-hydrogen) atoms. The predicted molar refractivity (Wildman–Crippen MR) is 60.1 cm³/mol. The average Bonchev–Trinajstić information content (AvgIpc) is 2.19. The van der Waals surface area contributed by atoms with E-state index in [0.717, 1.165) is 11.4 Å². The number of amides is 1. The zero-order chi connectivity index (χ0) is 10.4. The second kappa shape index (κ2) is 5.54. The summed E-state index contributed by atoms with van der Waals surface area (Å²) in [4.78, 5) is 11.0. The molecule has 0 bridgehead atoms. The molecule has 0 aromatic heterocycles.